The number of carbonyl (C=O) groups is 1. The first-order valence-electron chi connectivity index (χ1n) is 10.5. The van der Waals surface area contributed by atoms with Crippen LogP contribution in [0.15, 0.2) is 48.8 Å². The SMILES string of the molecule is O=C(C[C@H]1CC2CC(c3ccnc4ccc(F)cc34)C[C@H]2C1)Nc1ccc(Cl)nc1. The highest BCUT2D eigenvalue weighted by Gasteiger charge is 2.42. The molecule has 4 nitrogen and oxygen atoms in total. The van der Waals surface area contributed by atoms with Gasteiger partial charge in [0.15, 0.2) is 0 Å². The van der Waals surface area contributed by atoms with Gasteiger partial charge in [0.1, 0.15) is 11.0 Å². The second kappa shape index (κ2) is 7.95. The van der Waals surface area contributed by atoms with E-state index in [1.165, 1.54) is 11.6 Å². The van der Waals surface area contributed by atoms with E-state index in [0.29, 0.717) is 40.9 Å². The third kappa shape index (κ3) is 3.91. The van der Waals surface area contributed by atoms with E-state index in [1.807, 2.05) is 6.20 Å². The third-order valence-corrected chi connectivity index (χ3v) is 7.00. The molecular weight excluding hydrogens is 401 g/mol. The third-order valence-electron chi connectivity index (χ3n) is 6.78. The molecule has 4 atom stereocenters. The molecule has 0 saturated heterocycles. The van der Waals surface area contributed by atoms with Crippen LogP contribution in [0.25, 0.3) is 10.9 Å². The van der Waals surface area contributed by atoms with Crippen molar-refractivity contribution >= 4 is 34.1 Å². The van der Waals surface area contributed by atoms with Crippen LogP contribution in [0.2, 0.25) is 5.15 Å². The summed E-state index contributed by atoms with van der Waals surface area (Å²) in [5.74, 6) is 1.98. The average molecular weight is 424 g/mol. The van der Waals surface area contributed by atoms with Crippen molar-refractivity contribution in [3.63, 3.8) is 0 Å². The number of anilines is 1. The van der Waals surface area contributed by atoms with Gasteiger partial charge in [-0.25, -0.2) is 9.37 Å². The Balaban J connectivity index is 1.21. The van der Waals surface area contributed by atoms with Gasteiger partial charge in [-0.3, -0.25) is 9.78 Å². The quantitative estimate of drug-likeness (QED) is 0.526. The molecule has 2 aromatic heterocycles. The monoisotopic (exact) mass is 423 g/mol. The Hall–Kier alpha value is -2.53. The molecule has 1 amide bonds. The second-order valence-corrected chi connectivity index (χ2v) is 9.10. The van der Waals surface area contributed by atoms with E-state index in [4.69, 9.17) is 11.6 Å². The highest BCUT2D eigenvalue weighted by atomic mass is 35.5. The number of pyridine rings is 2. The molecule has 2 heterocycles. The van der Waals surface area contributed by atoms with Gasteiger partial charge in [0.2, 0.25) is 5.91 Å². The van der Waals surface area contributed by atoms with Crippen molar-refractivity contribution in [1.82, 2.24) is 9.97 Å². The topological polar surface area (TPSA) is 54.9 Å². The van der Waals surface area contributed by atoms with E-state index in [0.717, 1.165) is 36.6 Å². The largest absolute Gasteiger partial charge is 0.325 e. The maximum Gasteiger partial charge on any atom is 0.224 e. The summed E-state index contributed by atoms with van der Waals surface area (Å²) in [5.41, 5.74) is 2.76. The van der Waals surface area contributed by atoms with Crippen LogP contribution in [0.1, 0.15) is 43.6 Å². The number of nitrogens with one attached hydrogen (secondary N) is 1. The van der Waals surface area contributed by atoms with E-state index in [1.54, 1.807) is 30.5 Å². The lowest BCUT2D eigenvalue weighted by Gasteiger charge is -2.17. The molecule has 5 rings (SSSR count). The summed E-state index contributed by atoms with van der Waals surface area (Å²) in [7, 11) is 0. The van der Waals surface area contributed by atoms with Crippen molar-refractivity contribution in [2.45, 2.75) is 38.0 Å². The van der Waals surface area contributed by atoms with Crippen LogP contribution < -0.4 is 5.32 Å². The summed E-state index contributed by atoms with van der Waals surface area (Å²) in [6, 6.07) is 10.3. The summed E-state index contributed by atoms with van der Waals surface area (Å²) in [4.78, 5) is 20.8. The van der Waals surface area contributed by atoms with Crippen LogP contribution in [0.4, 0.5) is 10.1 Å². The minimum Gasteiger partial charge on any atom is -0.325 e. The standard InChI is InChI=1S/C24H23ClFN3O/c25-23-4-2-19(13-28-23)29-24(30)9-14-7-15-10-17(11-16(15)8-14)20-5-6-27-22-3-1-18(26)12-21(20)22/h1-6,12-17H,7-11H2,(H,29,30)/t14-,15-,16?,17?/m1/s1. The molecule has 0 aliphatic heterocycles. The average Bonchev–Trinajstić information content (AvgIpc) is 3.27. The molecule has 3 aromatic rings. The molecule has 2 unspecified atom stereocenters. The van der Waals surface area contributed by atoms with Gasteiger partial charge in [-0.05, 0) is 91.3 Å². The van der Waals surface area contributed by atoms with Crippen molar-refractivity contribution in [2.24, 2.45) is 17.8 Å². The Morgan fingerprint density at radius 2 is 1.87 bits per heavy atom. The van der Waals surface area contributed by atoms with Crippen molar-refractivity contribution in [2.75, 3.05) is 5.32 Å². The molecule has 2 fully saturated rings. The summed E-state index contributed by atoms with van der Waals surface area (Å²) < 4.78 is 13.8. The normalized spacial score (nSPS) is 25.4. The fourth-order valence-corrected chi connectivity index (χ4v) is 5.69. The van der Waals surface area contributed by atoms with Crippen LogP contribution in [-0.4, -0.2) is 15.9 Å². The Labute approximate surface area is 179 Å². The lowest BCUT2D eigenvalue weighted by molar-refractivity contribution is -0.117. The van der Waals surface area contributed by atoms with E-state index in [9.17, 15) is 9.18 Å². The first-order valence-corrected chi connectivity index (χ1v) is 10.9. The first-order chi connectivity index (χ1) is 14.5. The minimum atomic E-state index is -0.211. The predicted molar refractivity (Wildman–Crippen MR) is 116 cm³/mol. The van der Waals surface area contributed by atoms with E-state index < -0.39 is 0 Å². The van der Waals surface area contributed by atoms with Crippen molar-refractivity contribution in [1.29, 1.82) is 0 Å². The summed E-state index contributed by atoms with van der Waals surface area (Å²) in [5, 5.41) is 4.27. The van der Waals surface area contributed by atoms with Gasteiger partial charge in [0.25, 0.3) is 0 Å². The molecule has 1 N–H and O–H groups in total. The van der Waals surface area contributed by atoms with Gasteiger partial charge >= 0.3 is 0 Å². The van der Waals surface area contributed by atoms with Gasteiger partial charge in [-0.1, -0.05) is 11.6 Å². The minimum absolute atomic E-state index is 0.0382. The predicted octanol–water partition coefficient (Wildman–Crippen LogP) is 5.97. The molecule has 154 valence electrons. The van der Waals surface area contributed by atoms with Gasteiger partial charge in [0, 0.05) is 18.0 Å². The molecule has 0 spiro atoms. The maximum atomic E-state index is 13.8. The molecular formula is C24H23ClFN3O. The Morgan fingerprint density at radius 1 is 1.07 bits per heavy atom. The number of rotatable bonds is 4. The number of hydrogen-bond acceptors (Lipinski definition) is 3. The van der Waals surface area contributed by atoms with Crippen molar-refractivity contribution in [3.8, 4) is 0 Å². The number of hydrogen-bond donors (Lipinski definition) is 1. The Bertz CT molecular complexity index is 1070. The molecule has 2 aliphatic rings. The first kappa shape index (κ1) is 19.4. The van der Waals surface area contributed by atoms with Gasteiger partial charge in [-0.2, -0.15) is 0 Å². The highest BCUT2D eigenvalue weighted by molar-refractivity contribution is 6.29. The molecule has 6 heteroatoms. The van der Waals surface area contributed by atoms with Gasteiger partial charge < -0.3 is 5.32 Å². The molecule has 0 bridgehead atoms. The van der Waals surface area contributed by atoms with Crippen molar-refractivity contribution in [3.05, 3.63) is 65.3 Å². The zero-order chi connectivity index (χ0) is 20.7. The van der Waals surface area contributed by atoms with E-state index in [-0.39, 0.29) is 11.7 Å². The molecule has 0 radical (unpaired) electrons. The van der Waals surface area contributed by atoms with Gasteiger partial charge in [-0.15, -0.1) is 0 Å². The smallest absolute Gasteiger partial charge is 0.224 e. The Kier molecular flexibility index (Phi) is 5.15. The highest BCUT2D eigenvalue weighted by Crippen LogP contribution is 2.53. The lowest BCUT2D eigenvalue weighted by Crippen LogP contribution is -2.16. The molecule has 2 saturated carbocycles. The van der Waals surface area contributed by atoms with Gasteiger partial charge in [0.05, 0.1) is 17.4 Å². The number of halogens is 2. The van der Waals surface area contributed by atoms with Crippen LogP contribution in [0, 0.1) is 23.6 Å². The fraction of sp³-hybridized carbons (Fsp3) is 0.375. The van der Waals surface area contributed by atoms with Crippen LogP contribution >= 0.6 is 11.6 Å². The zero-order valence-corrected chi connectivity index (χ0v) is 17.3. The summed E-state index contributed by atoms with van der Waals surface area (Å²) >= 11 is 5.79. The number of nitrogens with zero attached hydrogens (tertiary/aromatic N) is 2. The molecule has 1 aromatic carbocycles. The Morgan fingerprint density at radius 3 is 2.60 bits per heavy atom. The lowest BCUT2D eigenvalue weighted by atomic mass is 9.89. The van der Waals surface area contributed by atoms with Crippen molar-refractivity contribution < 1.29 is 9.18 Å². The zero-order valence-electron chi connectivity index (χ0n) is 16.5. The number of carbonyl (C=O) groups excluding carboxylic acids is 1. The summed E-state index contributed by atoms with van der Waals surface area (Å²) in [6.45, 7) is 0. The molecule has 30 heavy (non-hydrogen) atoms. The summed E-state index contributed by atoms with van der Waals surface area (Å²) in [6.07, 6.45) is 8.36. The van der Waals surface area contributed by atoms with E-state index in [2.05, 4.69) is 21.4 Å². The number of benzene rings is 1. The second-order valence-electron chi connectivity index (χ2n) is 8.71. The fourth-order valence-electron chi connectivity index (χ4n) is 5.58. The number of amides is 1. The number of aromatic nitrogens is 2. The van der Waals surface area contributed by atoms with Crippen LogP contribution in [0.5, 0.6) is 0 Å². The van der Waals surface area contributed by atoms with E-state index >= 15 is 0 Å². The molecule has 2 aliphatic carbocycles. The van der Waals surface area contributed by atoms with Crippen LogP contribution in [0.3, 0.4) is 0 Å². The van der Waals surface area contributed by atoms with Crippen LogP contribution in [-0.2, 0) is 4.79 Å². The maximum absolute atomic E-state index is 13.8. The number of fused-ring (bicyclic) bond motifs is 2.